The Morgan fingerprint density at radius 1 is 1.47 bits per heavy atom. The van der Waals surface area contributed by atoms with Gasteiger partial charge in [0.05, 0.1) is 10.5 Å². The van der Waals surface area contributed by atoms with Crippen molar-refractivity contribution in [2.24, 2.45) is 0 Å². The van der Waals surface area contributed by atoms with Gasteiger partial charge in [0, 0.05) is 11.4 Å². The van der Waals surface area contributed by atoms with E-state index in [0.717, 1.165) is 0 Å². The summed E-state index contributed by atoms with van der Waals surface area (Å²) in [5, 5.41) is 3.44. The fraction of sp³-hybridized carbons (Fsp3) is 0.250. The maximum atomic E-state index is 13.5. The quantitative estimate of drug-likeness (QED) is 0.850. The molecule has 2 N–H and O–H groups in total. The minimum absolute atomic E-state index is 0.0224. The highest BCUT2D eigenvalue weighted by atomic mass is 35.5. The normalized spacial score (nSPS) is 11.1. The number of benzene rings is 1. The molecule has 17 heavy (non-hydrogen) atoms. The first-order chi connectivity index (χ1) is 7.99. The molecule has 0 bridgehead atoms. The van der Waals surface area contributed by atoms with E-state index in [1.165, 1.54) is 18.2 Å². The lowest BCUT2D eigenvalue weighted by Crippen LogP contribution is -2.30. The van der Waals surface area contributed by atoms with Gasteiger partial charge in [-0.25, -0.2) is 4.39 Å². The molecule has 1 amide bonds. The zero-order valence-electron chi connectivity index (χ0n) is 9.47. The van der Waals surface area contributed by atoms with Crippen molar-refractivity contribution in [1.82, 2.24) is 10.3 Å². The number of carbonyl (C=O) groups is 1. The Labute approximate surface area is 103 Å². The van der Waals surface area contributed by atoms with E-state index in [2.05, 4.69) is 10.3 Å². The van der Waals surface area contributed by atoms with Crippen molar-refractivity contribution in [2.75, 3.05) is 0 Å². The maximum Gasteiger partial charge on any atom is 0.267 e. The first kappa shape index (κ1) is 11.9. The van der Waals surface area contributed by atoms with E-state index in [-0.39, 0.29) is 11.9 Å². The number of aromatic amines is 1. The topological polar surface area (TPSA) is 44.9 Å². The van der Waals surface area contributed by atoms with Crippen LogP contribution in [-0.2, 0) is 0 Å². The predicted octanol–water partition coefficient (Wildman–Crippen LogP) is 3.10. The first-order valence-corrected chi connectivity index (χ1v) is 5.64. The van der Waals surface area contributed by atoms with Gasteiger partial charge in [-0.3, -0.25) is 4.79 Å². The average molecular weight is 255 g/mol. The number of amides is 1. The third-order valence-corrected chi connectivity index (χ3v) is 2.67. The van der Waals surface area contributed by atoms with Crippen molar-refractivity contribution >= 4 is 28.4 Å². The van der Waals surface area contributed by atoms with E-state index in [1.807, 2.05) is 13.8 Å². The van der Waals surface area contributed by atoms with Gasteiger partial charge in [-0.1, -0.05) is 11.6 Å². The van der Waals surface area contributed by atoms with Crippen LogP contribution in [0.5, 0.6) is 0 Å². The molecule has 0 aliphatic heterocycles. The Morgan fingerprint density at radius 3 is 2.76 bits per heavy atom. The van der Waals surface area contributed by atoms with Crippen LogP contribution in [0.2, 0.25) is 5.02 Å². The van der Waals surface area contributed by atoms with Crippen LogP contribution in [-0.4, -0.2) is 16.9 Å². The second kappa shape index (κ2) is 4.37. The fourth-order valence-electron chi connectivity index (χ4n) is 1.61. The molecule has 90 valence electrons. The highest BCUT2D eigenvalue weighted by Crippen LogP contribution is 2.26. The van der Waals surface area contributed by atoms with Crippen molar-refractivity contribution < 1.29 is 9.18 Å². The number of fused-ring (bicyclic) bond motifs is 1. The van der Waals surface area contributed by atoms with Gasteiger partial charge in [0.2, 0.25) is 0 Å². The molecule has 0 unspecified atom stereocenters. The summed E-state index contributed by atoms with van der Waals surface area (Å²) in [6.45, 7) is 3.71. The molecule has 0 aliphatic carbocycles. The van der Waals surface area contributed by atoms with Crippen LogP contribution in [0.25, 0.3) is 10.9 Å². The third-order valence-electron chi connectivity index (χ3n) is 2.35. The van der Waals surface area contributed by atoms with Crippen LogP contribution in [0.4, 0.5) is 4.39 Å². The molecule has 0 spiro atoms. The summed E-state index contributed by atoms with van der Waals surface area (Å²) in [7, 11) is 0. The van der Waals surface area contributed by atoms with Crippen LogP contribution >= 0.6 is 11.6 Å². The molecule has 2 rings (SSSR count). The molecule has 0 aliphatic rings. The first-order valence-electron chi connectivity index (χ1n) is 5.26. The number of halogens is 2. The van der Waals surface area contributed by atoms with Crippen LogP contribution in [0, 0.1) is 5.82 Å². The summed E-state index contributed by atoms with van der Waals surface area (Å²) in [5.74, 6) is -0.670. The maximum absolute atomic E-state index is 13.5. The zero-order chi connectivity index (χ0) is 12.6. The van der Waals surface area contributed by atoms with E-state index in [1.54, 1.807) is 0 Å². The molecule has 0 saturated carbocycles. The van der Waals surface area contributed by atoms with E-state index in [4.69, 9.17) is 11.6 Å². The largest absolute Gasteiger partial charge is 0.349 e. The average Bonchev–Trinajstić information content (AvgIpc) is 2.68. The summed E-state index contributed by atoms with van der Waals surface area (Å²) >= 11 is 5.92. The van der Waals surface area contributed by atoms with Crippen molar-refractivity contribution in [3.63, 3.8) is 0 Å². The van der Waals surface area contributed by atoms with Gasteiger partial charge >= 0.3 is 0 Å². The number of aromatic nitrogens is 1. The number of rotatable bonds is 2. The minimum Gasteiger partial charge on any atom is -0.349 e. The van der Waals surface area contributed by atoms with Gasteiger partial charge in [0.25, 0.3) is 5.91 Å². The minimum atomic E-state index is -0.399. The highest BCUT2D eigenvalue weighted by molar-refractivity contribution is 6.35. The smallest absolute Gasteiger partial charge is 0.267 e. The third kappa shape index (κ3) is 2.26. The Morgan fingerprint density at radius 2 is 2.18 bits per heavy atom. The number of H-pyrrole nitrogens is 1. The van der Waals surface area contributed by atoms with E-state index in [9.17, 15) is 9.18 Å². The van der Waals surface area contributed by atoms with Gasteiger partial charge in [-0.2, -0.15) is 0 Å². The molecule has 0 saturated heterocycles. The zero-order valence-corrected chi connectivity index (χ0v) is 10.2. The molecule has 2 aromatic rings. The highest BCUT2D eigenvalue weighted by Gasteiger charge is 2.14. The molecular weight excluding hydrogens is 243 g/mol. The summed E-state index contributed by atoms with van der Waals surface area (Å²) < 4.78 is 13.5. The fourth-order valence-corrected chi connectivity index (χ4v) is 1.83. The van der Waals surface area contributed by atoms with Crippen LogP contribution in [0.1, 0.15) is 24.3 Å². The van der Waals surface area contributed by atoms with Gasteiger partial charge in [-0.15, -0.1) is 0 Å². The van der Waals surface area contributed by atoms with Gasteiger partial charge in [0.1, 0.15) is 11.5 Å². The van der Waals surface area contributed by atoms with Crippen molar-refractivity contribution in [2.45, 2.75) is 19.9 Å². The van der Waals surface area contributed by atoms with Crippen molar-refractivity contribution in [1.29, 1.82) is 0 Å². The second-order valence-corrected chi connectivity index (χ2v) is 4.54. The molecule has 0 fully saturated rings. The Bertz CT molecular complexity index is 538. The van der Waals surface area contributed by atoms with E-state index < -0.39 is 5.82 Å². The Hall–Kier alpha value is -1.55. The summed E-state index contributed by atoms with van der Waals surface area (Å²) in [4.78, 5) is 14.6. The second-order valence-electron chi connectivity index (χ2n) is 4.13. The van der Waals surface area contributed by atoms with Crippen LogP contribution < -0.4 is 5.32 Å². The lowest BCUT2D eigenvalue weighted by Gasteiger charge is -2.05. The number of hydrogen-bond acceptors (Lipinski definition) is 1. The number of carbonyl (C=O) groups excluding carboxylic acids is 1. The van der Waals surface area contributed by atoms with Gasteiger partial charge in [0.15, 0.2) is 0 Å². The van der Waals surface area contributed by atoms with Crippen molar-refractivity contribution in [3.05, 3.63) is 34.7 Å². The molecule has 3 nitrogen and oxygen atoms in total. The molecule has 5 heteroatoms. The molecular formula is C12H12ClFN2O. The summed E-state index contributed by atoms with van der Waals surface area (Å²) in [5.41, 5.74) is 0.751. The monoisotopic (exact) mass is 254 g/mol. The molecule has 1 aromatic heterocycles. The van der Waals surface area contributed by atoms with Gasteiger partial charge < -0.3 is 10.3 Å². The molecule has 1 aromatic carbocycles. The molecule has 0 radical (unpaired) electrons. The van der Waals surface area contributed by atoms with E-state index >= 15 is 0 Å². The van der Waals surface area contributed by atoms with Crippen LogP contribution in [0.15, 0.2) is 18.2 Å². The lowest BCUT2D eigenvalue weighted by molar-refractivity contribution is 0.0939. The summed E-state index contributed by atoms with van der Waals surface area (Å²) in [6.07, 6.45) is 0. The standard InChI is InChI=1S/C12H12ClFN2O/c1-6(2)15-12(17)10-5-7-9(14)4-3-8(13)11(7)16-10/h3-6,16H,1-2H3,(H,15,17). The summed E-state index contributed by atoms with van der Waals surface area (Å²) in [6, 6.07) is 4.23. The lowest BCUT2D eigenvalue weighted by atomic mass is 10.2. The molecule has 1 heterocycles. The Kier molecular flexibility index (Phi) is 3.07. The van der Waals surface area contributed by atoms with Crippen LogP contribution in [0.3, 0.4) is 0 Å². The number of nitrogens with one attached hydrogen (secondary N) is 2. The van der Waals surface area contributed by atoms with E-state index in [0.29, 0.717) is 21.6 Å². The van der Waals surface area contributed by atoms with Crippen molar-refractivity contribution in [3.8, 4) is 0 Å². The Balaban J connectivity index is 2.48. The van der Waals surface area contributed by atoms with Gasteiger partial charge in [-0.05, 0) is 32.0 Å². The SMILES string of the molecule is CC(C)NC(=O)c1cc2c(F)ccc(Cl)c2[nH]1. The predicted molar refractivity (Wildman–Crippen MR) is 65.9 cm³/mol. The number of hydrogen-bond donors (Lipinski definition) is 2. The molecule has 0 atom stereocenters.